The summed E-state index contributed by atoms with van der Waals surface area (Å²) in [5, 5.41) is 0. The maximum Gasteiger partial charge on any atom is 0.0731 e. The normalized spacial score (nSPS) is 22.2. The van der Waals surface area contributed by atoms with Crippen LogP contribution in [0, 0.1) is 0 Å². The minimum atomic E-state index is 0.218. The molecule has 0 radical (unpaired) electrons. The molecule has 1 heteroatoms. The molecule has 1 unspecified atom stereocenters. The summed E-state index contributed by atoms with van der Waals surface area (Å²) in [5.74, 6) is 0. The summed E-state index contributed by atoms with van der Waals surface area (Å²) in [6, 6.07) is 10.6. The van der Waals surface area contributed by atoms with Crippen molar-refractivity contribution in [3.8, 4) is 0 Å². The van der Waals surface area contributed by atoms with Gasteiger partial charge in [0.1, 0.15) is 0 Å². The Morgan fingerprint density at radius 2 is 1.74 bits per heavy atom. The van der Waals surface area contributed by atoms with Crippen LogP contribution in [-0.2, 0) is 0 Å². The van der Waals surface area contributed by atoms with E-state index < -0.39 is 0 Å². The molecule has 1 atom stereocenters. The number of rotatable bonds is 2. The highest BCUT2D eigenvalue weighted by molar-refractivity contribution is 6.14. The second-order valence-electron chi connectivity index (χ2n) is 4.92. The molecule has 1 heterocycles. The van der Waals surface area contributed by atoms with Gasteiger partial charge in [0.05, 0.1) is 11.8 Å². The number of allylic oxidation sites excluding steroid dienone is 4. The van der Waals surface area contributed by atoms with Crippen molar-refractivity contribution >= 4 is 5.71 Å². The van der Waals surface area contributed by atoms with Gasteiger partial charge >= 0.3 is 0 Å². The Bertz CT molecular complexity index is 571. The third-order valence-electron chi connectivity index (χ3n) is 3.64. The molecule has 0 amide bonds. The van der Waals surface area contributed by atoms with Gasteiger partial charge in [0.25, 0.3) is 0 Å². The van der Waals surface area contributed by atoms with E-state index in [1.165, 1.54) is 22.3 Å². The molecular weight excluding hydrogens is 230 g/mol. The Kier molecular flexibility index (Phi) is 4.16. The molecule has 98 valence electrons. The second-order valence-corrected chi connectivity index (χ2v) is 4.92. The Morgan fingerprint density at radius 3 is 2.37 bits per heavy atom. The van der Waals surface area contributed by atoms with Crippen molar-refractivity contribution in [3.05, 3.63) is 70.8 Å². The molecule has 0 saturated carbocycles. The third kappa shape index (κ3) is 2.76. The zero-order valence-corrected chi connectivity index (χ0v) is 12.1. The lowest BCUT2D eigenvalue weighted by Crippen LogP contribution is -2.19. The van der Waals surface area contributed by atoms with Gasteiger partial charge in [-0.15, -0.1) is 0 Å². The Labute approximate surface area is 116 Å². The lowest BCUT2D eigenvalue weighted by Gasteiger charge is -2.24. The van der Waals surface area contributed by atoms with Gasteiger partial charge in [-0.2, -0.15) is 0 Å². The molecule has 0 bridgehead atoms. The maximum absolute atomic E-state index is 4.87. The SMILES string of the molecule is C/C=C\C=C1\C(C)=C(C)C(c2ccccc2)=NC1C. The Morgan fingerprint density at radius 1 is 1.05 bits per heavy atom. The summed E-state index contributed by atoms with van der Waals surface area (Å²) < 4.78 is 0. The Hall–Kier alpha value is -1.89. The first-order chi connectivity index (χ1) is 9.15. The molecule has 2 rings (SSSR count). The molecule has 19 heavy (non-hydrogen) atoms. The van der Waals surface area contributed by atoms with E-state index in [0.29, 0.717) is 0 Å². The predicted molar refractivity (Wildman–Crippen MR) is 83.7 cm³/mol. The van der Waals surface area contributed by atoms with Crippen molar-refractivity contribution in [2.24, 2.45) is 4.99 Å². The van der Waals surface area contributed by atoms with Crippen LogP contribution in [0.3, 0.4) is 0 Å². The summed E-state index contributed by atoms with van der Waals surface area (Å²) >= 11 is 0. The average molecular weight is 251 g/mol. The fourth-order valence-electron chi connectivity index (χ4n) is 2.42. The van der Waals surface area contributed by atoms with Crippen LogP contribution in [0.1, 0.15) is 33.3 Å². The van der Waals surface area contributed by atoms with E-state index in [2.05, 4.69) is 63.3 Å². The molecule has 0 aromatic heterocycles. The minimum Gasteiger partial charge on any atom is -0.277 e. The van der Waals surface area contributed by atoms with Crippen LogP contribution < -0.4 is 0 Å². The van der Waals surface area contributed by atoms with Gasteiger partial charge in [-0.1, -0.05) is 48.6 Å². The van der Waals surface area contributed by atoms with Crippen molar-refractivity contribution in [3.63, 3.8) is 0 Å². The van der Waals surface area contributed by atoms with Crippen LogP contribution in [0.2, 0.25) is 0 Å². The molecule has 0 saturated heterocycles. The number of hydrogen-bond donors (Lipinski definition) is 0. The summed E-state index contributed by atoms with van der Waals surface area (Å²) in [6.45, 7) is 8.55. The van der Waals surface area contributed by atoms with Crippen molar-refractivity contribution in [2.75, 3.05) is 0 Å². The molecule has 1 aliphatic rings. The topological polar surface area (TPSA) is 12.4 Å². The van der Waals surface area contributed by atoms with Gasteiger partial charge in [-0.3, -0.25) is 4.99 Å². The number of dihydropyridines is 1. The van der Waals surface area contributed by atoms with Crippen LogP contribution in [0.15, 0.2) is 70.3 Å². The van der Waals surface area contributed by atoms with Crippen molar-refractivity contribution in [1.29, 1.82) is 0 Å². The minimum absolute atomic E-state index is 0.218. The molecule has 0 N–H and O–H groups in total. The van der Waals surface area contributed by atoms with Gasteiger partial charge in [-0.25, -0.2) is 0 Å². The highest BCUT2D eigenvalue weighted by atomic mass is 14.8. The fourth-order valence-corrected chi connectivity index (χ4v) is 2.42. The van der Waals surface area contributed by atoms with Gasteiger partial charge in [0.15, 0.2) is 0 Å². The van der Waals surface area contributed by atoms with Crippen molar-refractivity contribution in [1.82, 2.24) is 0 Å². The van der Waals surface area contributed by atoms with Crippen LogP contribution in [0.5, 0.6) is 0 Å². The monoisotopic (exact) mass is 251 g/mol. The van der Waals surface area contributed by atoms with E-state index in [-0.39, 0.29) is 6.04 Å². The quantitative estimate of drug-likeness (QED) is 0.721. The third-order valence-corrected chi connectivity index (χ3v) is 3.64. The molecule has 1 nitrogen and oxygen atoms in total. The van der Waals surface area contributed by atoms with Crippen LogP contribution >= 0.6 is 0 Å². The number of nitrogens with zero attached hydrogens (tertiary/aromatic N) is 1. The van der Waals surface area contributed by atoms with Gasteiger partial charge in [-0.05, 0) is 50.0 Å². The van der Waals surface area contributed by atoms with E-state index in [9.17, 15) is 0 Å². The number of benzene rings is 1. The highest BCUT2D eigenvalue weighted by Gasteiger charge is 2.20. The Balaban J connectivity index is 2.46. The summed E-state index contributed by atoms with van der Waals surface area (Å²) in [4.78, 5) is 4.87. The molecular formula is C18H21N. The van der Waals surface area contributed by atoms with Crippen molar-refractivity contribution in [2.45, 2.75) is 33.7 Å². The number of aliphatic imine (C=N–C) groups is 1. The first-order valence-electron chi connectivity index (χ1n) is 6.79. The van der Waals surface area contributed by atoms with Crippen LogP contribution in [0.4, 0.5) is 0 Å². The lowest BCUT2D eigenvalue weighted by atomic mass is 9.88. The standard InChI is InChI=1S/C18H21N/c1-5-6-12-17-13(2)14(3)18(19-15(17)4)16-10-8-7-9-11-16/h5-12,15H,1-4H3/b6-5-,17-12-. The average Bonchev–Trinajstić information content (AvgIpc) is 2.44. The number of hydrogen-bond acceptors (Lipinski definition) is 1. The zero-order valence-electron chi connectivity index (χ0n) is 12.1. The second kappa shape index (κ2) is 5.83. The molecule has 1 aromatic carbocycles. The lowest BCUT2D eigenvalue weighted by molar-refractivity contribution is 0.853. The highest BCUT2D eigenvalue weighted by Crippen LogP contribution is 2.28. The first kappa shape index (κ1) is 13.5. The fraction of sp³-hybridized carbons (Fsp3) is 0.278. The van der Waals surface area contributed by atoms with E-state index in [4.69, 9.17) is 4.99 Å². The van der Waals surface area contributed by atoms with Crippen LogP contribution in [-0.4, -0.2) is 11.8 Å². The van der Waals surface area contributed by atoms with Gasteiger partial charge < -0.3 is 0 Å². The summed E-state index contributed by atoms with van der Waals surface area (Å²) in [7, 11) is 0. The maximum atomic E-state index is 4.87. The van der Waals surface area contributed by atoms with Gasteiger partial charge in [0.2, 0.25) is 0 Å². The van der Waals surface area contributed by atoms with E-state index in [0.717, 1.165) is 5.71 Å². The molecule has 1 aromatic rings. The molecule has 0 aliphatic carbocycles. The summed E-state index contributed by atoms with van der Waals surface area (Å²) in [6.07, 6.45) is 6.32. The summed E-state index contributed by atoms with van der Waals surface area (Å²) in [5.41, 5.74) is 6.27. The van der Waals surface area contributed by atoms with Gasteiger partial charge in [0, 0.05) is 0 Å². The van der Waals surface area contributed by atoms with E-state index in [1.54, 1.807) is 0 Å². The molecule has 1 aliphatic heterocycles. The first-order valence-corrected chi connectivity index (χ1v) is 6.79. The molecule has 0 spiro atoms. The molecule has 0 fully saturated rings. The van der Waals surface area contributed by atoms with Crippen molar-refractivity contribution < 1.29 is 0 Å². The van der Waals surface area contributed by atoms with E-state index >= 15 is 0 Å². The smallest absolute Gasteiger partial charge is 0.0731 e. The zero-order chi connectivity index (χ0) is 13.8. The van der Waals surface area contributed by atoms with E-state index in [1.807, 2.05) is 13.0 Å². The predicted octanol–water partition coefficient (Wildman–Crippen LogP) is 4.72. The largest absolute Gasteiger partial charge is 0.277 e. The van der Waals surface area contributed by atoms with Crippen LogP contribution in [0.25, 0.3) is 0 Å².